The second-order valence-corrected chi connectivity index (χ2v) is 3.35. The number of hydrogen-bond donors (Lipinski definition) is 3. The second kappa shape index (κ2) is 8.14. The van der Waals surface area contributed by atoms with E-state index in [-0.39, 0.29) is 6.42 Å². The first-order valence-corrected chi connectivity index (χ1v) is 4.82. The number of methoxy groups -OCH3 is 1. The third-order valence-electron chi connectivity index (χ3n) is 1.36. The number of rotatable bonds is 3. The largest absolute Gasteiger partial charge is 0.497 e. The summed E-state index contributed by atoms with van der Waals surface area (Å²) in [5.74, 6) is -0.00463. The van der Waals surface area contributed by atoms with Crippen molar-refractivity contribution in [3.63, 3.8) is 0 Å². The molecule has 3 N–H and O–H groups in total. The Hall–Kier alpha value is -1.20. The van der Waals surface area contributed by atoms with Gasteiger partial charge in [0.1, 0.15) is 5.75 Å². The number of ether oxygens (including phenoxy) is 1. The molecule has 0 spiro atoms. The van der Waals surface area contributed by atoms with Crippen LogP contribution >= 0.6 is 12.6 Å². The van der Waals surface area contributed by atoms with E-state index in [0.717, 1.165) is 5.75 Å². The normalized spacial score (nSPS) is 10.9. The maximum absolute atomic E-state index is 9.68. The molecule has 4 nitrogen and oxygen atoms in total. The molecule has 0 bridgehead atoms. The maximum atomic E-state index is 9.68. The first-order chi connectivity index (χ1) is 7.06. The van der Waals surface area contributed by atoms with E-state index in [1.807, 2.05) is 30.3 Å². The zero-order valence-electron chi connectivity index (χ0n) is 8.46. The molecule has 1 atom stereocenters. The molecule has 15 heavy (non-hydrogen) atoms. The van der Waals surface area contributed by atoms with Gasteiger partial charge in [0, 0.05) is 0 Å². The van der Waals surface area contributed by atoms with Crippen LogP contribution in [0.2, 0.25) is 0 Å². The number of carboxylic acid groups (broad SMARTS) is 1. The summed E-state index contributed by atoms with van der Waals surface area (Å²) >= 11 is 3.63. The number of carboxylic acids is 1. The number of para-hydroxylation sites is 1. The summed E-state index contributed by atoms with van der Waals surface area (Å²) < 4.78 is 4.91. The predicted molar refractivity (Wildman–Crippen MR) is 62.2 cm³/mol. The molecule has 0 saturated heterocycles. The Bertz CT molecular complexity index is 277. The Kier molecular flexibility index (Phi) is 7.49. The van der Waals surface area contributed by atoms with Gasteiger partial charge in [0.25, 0.3) is 0 Å². The quantitative estimate of drug-likeness (QED) is 0.540. The van der Waals surface area contributed by atoms with Gasteiger partial charge in [-0.3, -0.25) is 4.79 Å². The average molecular weight is 229 g/mol. The summed E-state index contributed by atoms with van der Waals surface area (Å²) in [6, 6.07) is 9.68. The van der Waals surface area contributed by atoms with E-state index in [1.54, 1.807) is 7.11 Å². The Morgan fingerprint density at radius 3 is 2.27 bits per heavy atom. The molecular weight excluding hydrogens is 214 g/mol. The molecule has 5 heteroatoms. The summed E-state index contributed by atoms with van der Waals surface area (Å²) in [5.41, 5.74) is 4.98. The summed E-state index contributed by atoms with van der Waals surface area (Å²) in [7, 11) is 1.66. The minimum absolute atomic E-state index is 0.0802. The number of aliphatic carboxylic acids is 1. The number of hydrogen-bond acceptors (Lipinski definition) is 4. The van der Waals surface area contributed by atoms with Crippen molar-refractivity contribution >= 4 is 18.6 Å². The van der Waals surface area contributed by atoms with Gasteiger partial charge < -0.3 is 15.6 Å². The van der Waals surface area contributed by atoms with E-state index in [0.29, 0.717) is 0 Å². The summed E-state index contributed by atoms with van der Waals surface area (Å²) in [4.78, 5) is 9.68. The van der Waals surface area contributed by atoms with E-state index in [2.05, 4.69) is 12.6 Å². The van der Waals surface area contributed by atoms with Gasteiger partial charge in [0.15, 0.2) is 0 Å². The lowest BCUT2D eigenvalue weighted by Crippen LogP contribution is -2.16. The lowest BCUT2D eigenvalue weighted by Gasteiger charge is -1.94. The van der Waals surface area contributed by atoms with Gasteiger partial charge in [-0.05, 0) is 12.1 Å². The lowest BCUT2D eigenvalue weighted by atomic mass is 10.3. The highest BCUT2D eigenvalue weighted by molar-refractivity contribution is 7.80. The highest BCUT2D eigenvalue weighted by Gasteiger charge is 1.99. The fourth-order valence-electron chi connectivity index (χ4n) is 0.735. The van der Waals surface area contributed by atoms with Crippen LogP contribution < -0.4 is 10.5 Å². The zero-order chi connectivity index (χ0) is 11.7. The van der Waals surface area contributed by atoms with Gasteiger partial charge in [-0.1, -0.05) is 18.2 Å². The first-order valence-electron chi connectivity index (χ1n) is 4.30. The average Bonchev–Trinajstić information content (AvgIpc) is 2.18. The third-order valence-corrected chi connectivity index (χ3v) is 1.55. The Balaban J connectivity index is 0.000000265. The van der Waals surface area contributed by atoms with E-state index >= 15 is 0 Å². The standard InChI is InChI=1S/C7H8O.C3H7NO2S/c1-8-7-5-3-2-4-6-7;4-2(7)1-3(5)6/h2-6H,1H3;2,7H,1,4H2,(H,5,6). The summed E-state index contributed by atoms with van der Waals surface area (Å²) in [6.07, 6.45) is -0.0802. The van der Waals surface area contributed by atoms with Crippen molar-refractivity contribution < 1.29 is 14.6 Å². The van der Waals surface area contributed by atoms with Gasteiger partial charge in [-0.15, -0.1) is 0 Å². The minimum atomic E-state index is -0.914. The molecule has 0 aliphatic heterocycles. The molecule has 0 heterocycles. The van der Waals surface area contributed by atoms with Crippen molar-refractivity contribution in [2.45, 2.75) is 11.8 Å². The first kappa shape index (κ1) is 13.8. The van der Waals surface area contributed by atoms with Crippen LogP contribution in [0.1, 0.15) is 6.42 Å². The van der Waals surface area contributed by atoms with Crippen molar-refractivity contribution in [2.75, 3.05) is 7.11 Å². The molecule has 1 rings (SSSR count). The van der Waals surface area contributed by atoms with Gasteiger partial charge in [-0.25, -0.2) is 0 Å². The second-order valence-electron chi connectivity index (χ2n) is 2.68. The SMILES string of the molecule is COc1ccccc1.NC(S)CC(=O)O. The van der Waals surface area contributed by atoms with Gasteiger partial charge in [-0.2, -0.15) is 12.6 Å². The zero-order valence-corrected chi connectivity index (χ0v) is 9.35. The van der Waals surface area contributed by atoms with Crippen LogP contribution in [-0.4, -0.2) is 23.6 Å². The van der Waals surface area contributed by atoms with Crippen molar-refractivity contribution in [3.8, 4) is 5.75 Å². The molecule has 0 aliphatic carbocycles. The van der Waals surface area contributed by atoms with Crippen LogP contribution in [0, 0.1) is 0 Å². The van der Waals surface area contributed by atoms with E-state index in [9.17, 15) is 4.79 Å². The molecule has 0 radical (unpaired) electrons. The van der Waals surface area contributed by atoms with Crippen LogP contribution in [0.4, 0.5) is 0 Å². The monoisotopic (exact) mass is 229 g/mol. The lowest BCUT2D eigenvalue weighted by molar-refractivity contribution is -0.136. The van der Waals surface area contributed by atoms with Gasteiger partial charge in [0.2, 0.25) is 0 Å². The van der Waals surface area contributed by atoms with Crippen molar-refractivity contribution in [1.82, 2.24) is 0 Å². The topological polar surface area (TPSA) is 72.5 Å². The number of thiol groups is 1. The number of benzene rings is 1. The van der Waals surface area contributed by atoms with Crippen molar-refractivity contribution in [2.24, 2.45) is 5.73 Å². The van der Waals surface area contributed by atoms with E-state index in [1.165, 1.54) is 0 Å². The van der Waals surface area contributed by atoms with Gasteiger partial charge >= 0.3 is 5.97 Å². The fourth-order valence-corrected chi connectivity index (χ4v) is 0.892. The van der Waals surface area contributed by atoms with Crippen molar-refractivity contribution in [3.05, 3.63) is 30.3 Å². The smallest absolute Gasteiger partial charge is 0.305 e. The fraction of sp³-hybridized carbons (Fsp3) is 0.300. The van der Waals surface area contributed by atoms with Crippen LogP contribution in [0.25, 0.3) is 0 Å². The maximum Gasteiger partial charge on any atom is 0.305 e. The van der Waals surface area contributed by atoms with Crippen LogP contribution in [-0.2, 0) is 4.79 Å². The van der Waals surface area contributed by atoms with Crippen LogP contribution in [0.5, 0.6) is 5.75 Å². The molecule has 84 valence electrons. The Morgan fingerprint density at radius 1 is 1.53 bits per heavy atom. The third kappa shape index (κ3) is 9.11. The van der Waals surface area contributed by atoms with Crippen LogP contribution in [0.3, 0.4) is 0 Å². The molecule has 0 fully saturated rings. The minimum Gasteiger partial charge on any atom is -0.497 e. The molecule has 1 unspecified atom stereocenters. The summed E-state index contributed by atoms with van der Waals surface area (Å²) in [5, 5.41) is 7.42. The number of carbonyl (C=O) groups is 1. The molecular formula is C10H15NO3S. The molecule has 0 aliphatic rings. The van der Waals surface area contributed by atoms with Crippen LogP contribution in [0.15, 0.2) is 30.3 Å². The van der Waals surface area contributed by atoms with E-state index < -0.39 is 11.3 Å². The highest BCUT2D eigenvalue weighted by Crippen LogP contribution is 2.05. The Labute approximate surface area is 94.5 Å². The van der Waals surface area contributed by atoms with Gasteiger partial charge in [0.05, 0.1) is 18.9 Å². The molecule has 1 aromatic rings. The Morgan fingerprint density at radius 2 is 2.07 bits per heavy atom. The molecule has 1 aromatic carbocycles. The number of nitrogens with two attached hydrogens (primary N) is 1. The summed E-state index contributed by atoms with van der Waals surface area (Å²) in [6.45, 7) is 0. The van der Waals surface area contributed by atoms with Crippen molar-refractivity contribution in [1.29, 1.82) is 0 Å². The highest BCUT2D eigenvalue weighted by atomic mass is 32.1. The molecule has 0 amide bonds. The molecule has 0 aromatic heterocycles. The molecule has 0 saturated carbocycles. The van der Waals surface area contributed by atoms with E-state index in [4.69, 9.17) is 15.6 Å². The predicted octanol–water partition coefficient (Wildman–Crippen LogP) is 1.37.